The van der Waals surface area contributed by atoms with Crippen molar-refractivity contribution in [1.82, 2.24) is 0 Å². The molecule has 8 atom stereocenters. The predicted molar refractivity (Wildman–Crippen MR) is 107 cm³/mol. The van der Waals surface area contributed by atoms with Crippen LogP contribution in [0.5, 0.6) is 0 Å². The van der Waals surface area contributed by atoms with Crippen LogP contribution in [0.1, 0.15) is 85.0 Å². The highest BCUT2D eigenvalue weighted by atomic mass is 16.5. The Morgan fingerprint density at radius 2 is 1.81 bits per heavy atom. The molecular weight excluding hydrogens is 336 g/mol. The highest BCUT2D eigenvalue weighted by Gasteiger charge is 2.62. The summed E-state index contributed by atoms with van der Waals surface area (Å²) in [6.07, 6.45) is 11.0. The summed E-state index contributed by atoms with van der Waals surface area (Å²) in [7, 11) is 1.86. The normalized spacial score (nSPS) is 52.0. The first-order chi connectivity index (χ1) is 12.8. The van der Waals surface area contributed by atoms with Crippen molar-refractivity contribution in [1.29, 1.82) is 0 Å². The van der Waals surface area contributed by atoms with E-state index < -0.39 is 5.60 Å². The number of carbonyl (C=O) groups excluding carboxylic acids is 1. The van der Waals surface area contributed by atoms with E-state index in [0.29, 0.717) is 30.0 Å². The van der Waals surface area contributed by atoms with Crippen molar-refractivity contribution in [2.75, 3.05) is 13.7 Å². The molecule has 0 aromatic carbocycles. The fourth-order valence-electron chi connectivity index (χ4n) is 8.56. The lowest BCUT2D eigenvalue weighted by Crippen LogP contribution is -2.58. The number of carbonyl (C=O) groups is 1. The Kier molecular flexibility index (Phi) is 5.03. The monoisotopic (exact) mass is 376 g/mol. The van der Waals surface area contributed by atoms with Gasteiger partial charge >= 0.3 is 0 Å². The van der Waals surface area contributed by atoms with E-state index in [-0.39, 0.29) is 10.8 Å². The molecule has 0 saturated heterocycles. The van der Waals surface area contributed by atoms with Crippen LogP contribution in [0, 0.1) is 40.4 Å². The van der Waals surface area contributed by atoms with Crippen molar-refractivity contribution < 1.29 is 14.6 Å². The number of aliphatic hydroxyl groups is 1. The Morgan fingerprint density at radius 3 is 2.52 bits per heavy atom. The first kappa shape index (κ1) is 19.9. The molecule has 3 heteroatoms. The molecule has 0 radical (unpaired) electrons. The molecule has 0 aliphatic heterocycles. The van der Waals surface area contributed by atoms with Crippen molar-refractivity contribution in [2.45, 2.75) is 90.6 Å². The van der Waals surface area contributed by atoms with Gasteiger partial charge in [0.05, 0.1) is 12.2 Å². The van der Waals surface area contributed by atoms with Crippen LogP contribution in [0.15, 0.2) is 0 Å². The molecule has 4 fully saturated rings. The van der Waals surface area contributed by atoms with Crippen LogP contribution in [0.4, 0.5) is 0 Å². The third kappa shape index (κ3) is 2.94. The Bertz CT molecular complexity index is 584. The van der Waals surface area contributed by atoms with Crippen molar-refractivity contribution in [2.24, 2.45) is 40.4 Å². The summed E-state index contributed by atoms with van der Waals surface area (Å²) >= 11 is 0. The van der Waals surface area contributed by atoms with Crippen molar-refractivity contribution >= 4 is 5.78 Å². The summed E-state index contributed by atoms with van der Waals surface area (Å²) in [6.45, 7) is 7.37. The fourth-order valence-corrected chi connectivity index (χ4v) is 8.56. The second-order valence-electron chi connectivity index (χ2n) is 11.0. The van der Waals surface area contributed by atoms with Crippen LogP contribution in [0.3, 0.4) is 0 Å². The van der Waals surface area contributed by atoms with E-state index in [1.165, 1.54) is 32.1 Å². The summed E-state index contributed by atoms with van der Waals surface area (Å²) in [5.41, 5.74) is -0.00642. The third-order valence-corrected chi connectivity index (χ3v) is 9.80. The zero-order chi connectivity index (χ0) is 19.4. The number of fused-ring (bicyclic) bond motifs is 5. The molecular formula is C24H40O3. The van der Waals surface area contributed by atoms with E-state index >= 15 is 0 Å². The van der Waals surface area contributed by atoms with Gasteiger partial charge in [-0.05, 0) is 99.2 Å². The van der Waals surface area contributed by atoms with Crippen LogP contribution in [0.2, 0.25) is 0 Å². The number of ketones is 1. The lowest BCUT2D eigenvalue weighted by molar-refractivity contribution is -0.175. The topological polar surface area (TPSA) is 46.5 Å². The maximum absolute atomic E-state index is 12.7. The summed E-state index contributed by atoms with van der Waals surface area (Å²) < 4.78 is 5.84. The van der Waals surface area contributed by atoms with Gasteiger partial charge in [0.1, 0.15) is 5.78 Å². The van der Waals surface area contributed by atoms with E-state index in [1.807, 2.05) is 21.0 Å². The highest BCUT2D eigenvalue weighted by Crippen LogP contribution is 2.68. The zero-order valence-electron chi connectivity index (χ0n) is 17.9. The maximum Gasteiger partial charge on any atom is 0.136 e. The number of rotatable bonds is 4. The molecule has 0 aromatic heterocycles. The van der Waals surface area contributed by atoms with Gasteiger partial charge in [0.2, 0.25) is 0 Å². The van der Waals surface area contributed by atoms with E-state index in [1.54, 1.807) is 0 Å². The zero-order valence-corrected chi connectivity index (χ0v) is 17.9. The molecule has 0 bridgehead atoms. The van der Waals surface area contributed by atoms with Crippen LogP contribution in [-0.2, 0) is 9.53 Å². The van der Waals surface area contributed by atoms with E-state index in [9.17, 15) is 9.90 Å². The van der Waals surface area contributed by atoms with Gasteiger partial charge in [0.25, 0.3) is 0 Å². The van der Waals surface area contributed by atoms with Crippen molar-refractivity contribution in [3.05, 3.63) is 0 Å². The second-order valence-corrected chi connectivity index (χ2v) is 11.0. The van der Waals surface area contributed by atoms with Crippen LogP contribution >= 0.6 is 0 Å². The molecule has 8 unspecified atom stereocenters. The maximum atomic E-state index is 12.7. The minimum atomic E-state index is -0.496. The number of hydrogen-bond donors (Lipinski definition) is 1. The lowest BCUT2D eigenvalue weighted by Gasteiger charge is -2.62. The van der Waals surface area contributed by atoms with Gasteiger partial charge in [-0.15, -0.1) is 0 Å². The number of hydrogen-bond acceptors (Lipinski definition) is 3. The van der Waals surface area contributed by atoms with Gasteiger partial charge in [-0.3, -0.25) is 4.79 Å². The summed E-state index contributed by atoms with van der Waals surface area (Å²) in [6, 6.07) is 0. The molecule has 154 valence electrons. The van der Waals surface area contributed by atoms with Gasteiger partial charge in [0.15, 0.2) is 0 Å². The van der Waals surface area contributed by atoms with E-state index in [2.05, 4.69) is 6.92 Å². The van der Waals surface area contributed by atoms with Gasteiger partial charge in [-0.25, -0.2) is 0 Å². The molecule has 4 aliphatic carbocycles. The second kappa shape index (κ2) is 6.83. The first-order valence-corrected chi connectivity index (χ1v) is 11.5. The van der Waals surface area contributed by atoms with Crippen molar-refractivity contribution in [3.8, 4) is 0 Å². The smallest absolute Gasteiger partial charge is 0.136 e. The van der Waals surface area contributed by atoms with Gasteiger partial charge in [0, 0.05) is 19.4 Å². The average Bonchev–Trinajstić information content (AvgIpc) is 2.98. The number of Topliss-reactive ketones (excluding diaryl/α,β-unsaturated/α-hetero) is 1. The number of ether oxygens (including phenoxy) is 1. The quantitative estimate of drug-likeness (QED) is 0.751. The molecule has 27 heavy (non-hydrogen) atoms. The molecule has 0 aromatic rings. The standard InChI is InChI=1S/C24H40O3/c1-5-21(25)20-9-8-18-17-7-6-16-14-22(2,26)12-13-24(16,15-27-4)19(17)10-11-23(18,20)3/h16-20,26H,5-15H2,1-4H3. The first-order valence-electron chi connectivity index (χ1n) is 11.5. The van der Waals surface area contributed by atoms with Gasteiger partial charge in [-0.1, -0.05) is 13.8 Å². The largest absolute Gasteiger partial charge is 0.390 e. The summed E-state index contributed by atoms with van der Waals surface area (Å²) in [4.78, 5) is 12.7. The summed E-state index contributed by atoms with van der Waals surface area (Å²) in [5.74, 6) is 3.60. The minimum Gasteiger partial charge on any atom is -0.390 e. The Balaban J connectivity index is 1.63. The lowest BCUT2D eigenvalue weighted by atomic mass is 9.43. The van der Waals surface area contributed by atoms with E-state index in [0.717, 1.165) is 44.1 Å². The minimum absolute atomic E-state index is 0.232. The SMILES string of the molecule is CCC(=O)C1CCC2C3CCC4CC(C)(O)CCC4(COC)C3CCC12C. The van der Waals surface area contributed by atoms with Crippen LogP contribution in [-0.4, -0.2) is 30.2 Å². The molecule has 4 saturated carbocycles. The third-order valence-electron chi connectivity index (χ3n) is 9.80. The van der Waals surface area contributed by atoms with Crippen LogP contribution < -0.4 is 0 Å². The van der Waals surface area contributed by atoms with Crippen LogP contribution in [0.25, 0.3) is 0 Å². The van der Waals surface area contributed by atoms with Gasteiger partial charge in [-0.2, -0.15) is 0 Å². The number of methoxy groups -OCH3 is 1. The molecule has 3 nitrogen and oxygen atoms in total. The highest BCUT2D eigenvalue weighted by molar-refractivity contribution is 5.82. The molecule has 0 spiro atoms. The summed E-state index contributed by atoms with van der Waals surface area (Å²) in [5, 5.41) is 10.7. The molecule has 1 N–H and O–H groups in total. The van der Waals surface area contributed by atoms with Crippen molar-refractivity contribution in [3.63, 3.8) is 0 Å². The molecule has 4 rings (SSSR count). The fraction of sp³-hybridized carbons (Fsp3) is 0.958. The molecule has 0 amide bonds. The average molecular weight is 377 g/mol. The predicted octanol–water partition coefficient (Wildman–Crippen LogP) is 5.00. The molecule has 0 heterocycles. The molecule has 4 aliphatic rings. The van der Waals surface area contributed by atoms with Gasteiger partial charge < -0.3 is 9.84 Å². The Morgan fingerprint density at radius 1 is 1.04 bits per heavy atom. The Labute approximate surface area is 165 Å². The van der Waals surface area contributed by atoms with E-state index in [4.69, 9.17) is 4.74 Å². The Hall–Kier alpha value is -0.410.